The zero-order chi connectivity index (χ0) is 18.8. The summed E-state index contributed by atoms with van der Waals surface area (Å²) in [4.78, 5) is 48.0. The van der Waals surface area contributed by atoms with Gasteiger partial charge in [0.05, 0.1) is 18.1 Å². The average Bonchev–Trinajstić information content (AvgIpc) is 3.09. The maximum Gasteiger partial charge on any atom is 1.00 e. The Hall–Kier alpha value is -1.33. The number of esters is 1. The summed E-state index contributed by atoms with van der Waals surface area (Å²) in [5, 5.41) is 17.3. The predicted octanol–water partition coefficient (Wildman–Crippen LogP) is -3.74. The van der Waals surface area contributed by atoms with Crippen molar-refractivity contribution in [3.63, 3.8) is 0 Å². The molecule has 0 saturated carbocycles. The number of nitrogens with zero attached hydrogens (tertiary/aromatic N) is 1. The van der Waals surface area contributed by atoms with Gasteiger partial charge in [-0.15, -0.1) is 11.8 Å². The second-order valence-electron chi connectivity index (χ2n) is 5.78. The van der Waals surface area contributed by atoms with Crippen molar-refractivity contribution in [3.05, 3.63) is 33.7 Å². The van der Waals surface area contributed by atoms with Crippen LogP contribution in [-0.4, -0.2) is 52.4 Å². The zero-order valence-electron chi connectivity index (χ0n) is 14.7. The van der Waals surface area contributed by atoms with Gasteiger partial charge >= 0.3 is 35.5 Å². The molecule has 0 aromatic carbocycles. The number of carbonyl (C=O) groups excluding carboxylic acids is 4. The van der Waals surface area contributed by atoms with Gasteiger partial charge < -0.3 is 20.0 Å². The van der Waals surface area contributed by atoms with Crippen LogP contribution in [0.15, 0.2) is 28.1 Å². The molecule has 3 rings (SSSR count). The molecule has 2 unspecified atom stereocenters. The number of carbonyl (C=O) groups is 4. The van der Waals surface area contributed by atoms with Gasteiger partial charge in [-0.1, -0.05) is 0 Å². The Morgan fingerprint density at radius 3 is 2.74 bits per heavy atom. The van der Waals surface area contributed by atoms with Gasteiger partial charge in [-0.3, -0.25) is 19.3 Å². The minimum Gasteiger partial charge on any atom is -0.543 e. The Balaban J connectivity index is 0.00000261. The molecular formula is C16H15N2NaO6S2. The first kappa shape index (κ1) is 22.0. The molecule has 2 aliphatic heterocycles. The number of thioether (sulfide) groups is 1. The molecule has 138 valence electrons. The van der Waals surface area contributed by atoms with E-state index in [1.165, 1.54) is 30.0 Å². The number of hydrogen-bond donors (Lipinski definition) is 1. The average molecular weight is 418 g/mol. The molecule has 2 atom stereocenters. The third-order valence-electron chi connectivity index (χ3n) is 3.95. The van der Waals surface area contributed by atoms with Gasteiger partial charge in [0, 0.05) is 18.2 Å². The van der Waals surface area contributed by atoms with Gasteiger partial charge in [-0.2, -0.15) is 11.3 Å². The number of carboxylic acid groups (broad SMARTS) is 1. The van der Waals surface area contributed by atoms with Gasteiger partial charge in [0.15, 0.2) is 0 Å². The summed E-state index contributed by atoms with van der Waals surface area (Å²) in [5.74, 6) is -2.60. The molecule has 8 nitrogen and oxygen atoms in total. The summed E-state index contributed by atoms with van der Waals surface area (Å²) in [6, 6.07) is 1.04. The van der Waals surface area contributed by atoms with Crippen LogP contribution in [0.5, 0.6) is 0 Å². The van der Waals surface area contributed by atoms with Crippen molar-refractivity contribution in [2.75, 3.05) is 12.4 Å². The van der Waals surface area contributed by atoms with Gasteiger partial charge in [0.1, 0.15) is 18.0 Å². The second kappa shape index (κ2) is 9.24. The monoisotopic (exact) mass is 418 g/mol. The van der Waals surface area contributed by atoms with E-state index in [-0.39, 0.29) is 59.9 Å². The molecule has 27 heavy (non-hydrogen) atoms. The van der Waals surface area contributed by atoms with Crippen LogP contribution in [0, 0.1) is 0 Å². The molecular weight excluding hydrogens is 403 g/mol. The number of rotatable bonds is 6. The normalized spacial score (nSPS) is 20.9. The third-order valence-corrected chi connectivity index (χ3v) is 6.02. The third kappa shape index (κ3) is 4.75. The molecule has 1 N–H and O–H groups in total. The number of fused-ring (bicyclic) bond motifs is 1. The molecule has 1 aromatic heterocycles. The number of hydrogen-bond acceptors (Lipinski definition) is 8. The van der Waals surface area contributed by atoms with Crippen LogP contribution < -0.4 is 40.0 Å². The summed E-state index contributed by atoms with van der Waals surface area (Å²) >= 11 is 2.78. The van der Waals surface area contributed by atoms with Crippen LogP contribution in [0.4, 0.5) is 0 Å². The van der Waals surface area contributed by atoms with E-state index in [1.807, 2.05) is 16.8 Å². The molecule has 1 aromatic rings. The molecule has 0 spiro atoms. The topological polar surface area (TPSA) is 116 Å². The van der Waals surface area contributed by atoms with E-state index in [0.29, 0.717) is 5.57 Å². The summed E-state index contributed by atoms with van der Waals surface area (Å²) in [5.41, 5.74) is 0.882. The first-order valence-corrected chi connectivity index (χ1v) is 9.69. The van der Waals surface area contributed by atoms with Crippen LogP contribution in [0.2, 0.25) is 0 Å². The van der Waals surface area contributed by atoms with Crippen molar-refractivity contribution in [2.45, 2.75) is 24.8 Å². The van der Waals surface area contributed by atoms with Crippen molar-refractivity contribution >= 4 is 46.9 Å². The Bertz CT molecular complexity index is 795. The van der Waals surface area contributed by atoms with Crippen LogP contribution in [-0.2, 0) is 30.3 Å². The fourth-order valence-corrected chi connectivity index (χ4v) is 4.77. The second-order valence-corrected chi connectivity index (χ2v) is 7.67. The largest absolute Gasteiger partial charge is 1.00 e. The predicted molar refractivity (Wildman–Crippen MR) is 91.7 cm³/mol. The van der Waals surface area contributed by atoms with Crippen molar-refractivity contribution in [1.29, 1.82) is 0 Å². The van der Waals surface area contributed by atoms with E-state index >= 15 is 0 Å². The summed E-state index contributed by atoms with van der Waals surface area (Å²) in [6.07, 6.45) is 0.158. The number of β-lactam (4-membered cyclic amide) rings is 1. The molecule has 11 heteroatoms. The molecule has 0 radical (unpaired) electrons. The maximum atomic E-state index is 12.4. The minimum absolute atomic E-state index is 0. The molecule has 3 heterocycles. The van der Waals surface area contributed by atoms with Crippen molar-refractivity contribution in [3.8, 4) is 0 Å². The molecule has 1 saturated heterocycles. The van der Waals surface area contributed by atoms with E-state index < -0.39 is 29.3 Å². The Morgan fingerprint density at radius 2 is 2.15 bits per heavy atom. The zero-order valence-corrected chi connectivity index (χ0v) is 18.4. The fourth-order valence-electron chi connectivity index (χ4n) is 2.77. The number of amides is 2. The number of thiophene rings is 1. The van der Waals surface area contributed by atoms with E-state index in [9.17, 15) is 24.3 Å². The summed E-state index contributed by atoms with van der Waals surface area (Å²) in [6.45, 7) is 1.00. The van der Waals surface area contributed by atoms with Crippen LogP contribution >= 0.6 is 23.1 Å². The van der Waals surface area contributed by atoms with E-state index in [0.717, 1.165) is 10.5 Å². The van der Waals surface area contributed by atoms with Crippen molar-refractivity contribution < 1.29 is 58.6 Å². The van der Waals surface area contributed by atoms with E-state index in [4.69, 9.17) is 4.74 Å². The van der Waals surface area contributed by atoms with Gasteiger partial charge in [-0.05, 0) is 22.4 Å². The summed E-state index contributed by atoms with van der Waals surface area (Å²) < 4.78 is 4.85. The first-order valence-electron chi connectivity index (χ1n) is 7.70. The number of aliphatic carboxylic acids is 1. The number of ether oxygens (including phenoxy) is 1. The molecule has 1 fully saturated rings. The van der Waals surface area contributed by atoms with Gasteiger partial charge in [-0.25, -0.2) is 0 Å². The number of nitrogens with one attached hydrogen (secondary N) is 1. The van der Waals surface area contributed by atoms with Gasteiger partial charge in [0.25, 0.3) is 5.91 Å². The fraction of sp³-hybridized carbons (Fsp3) is 0.375. The Morgan fingerprint density at radius 1 is 1.41 bits per heavy atom. The van der Waals surface area contributed by atoms with Crippen LogP contribution in [0.1, 0.15) is 12.5 Å². The Labute approximate surface area is 185 Å². The van der Waals surface area contributed by atoms with Crippen LogP contribution in [0.25, 0.3) is 0 Å². The molecule has 0 bridgehead atoms. The SMILES string of the molecule is CC(=O)OCC1=C(C(=O)[O-])N2C(=O)C(NC(=O)Cc3ccsc3)C2SC1.[Na+]. The van der Waals surface area contributed by atoms with Crippen LogP contribution in [0.3, 0.4) is 0 Å². The van der Waals surface area contributed by atoms with Gasteiger partial charge in [0.2, 0.25) is 5.91 Å². The number of carboxylic acids is 1. The maximum absolute atomic E-state index is 12.4. The molecule has 0 aliphatic carbocycles. The molecule has 2 aliphatic rings. The quantitative estimate of drug-likeness (QED) is 0.287. The first-order chi connectivity index (χ1) is 12.4. The standard InChI is InChI=1S/C16H16N2O6S2.Na/c1-8(19)24-5-10-7-26-15-12(14(21)18(15)13(10)16(22)23)17-11(20)4-9-2-3-25-6-9;/h2-3,6,12,15H,4-5,7H2,1H3,(H,17,20)(H,22,23);/q;+1/p-1. The van der Waals surface area contributed by atoms with E-state index in [2.05, 4.69) is 5.32 Å². The Kier molecular flexibility index (Phi) is 7.52. The summed E-state index contributed by atoms with van der Waals surface area (Å²) in [7, 11) is 0. The van der Waals surface area contributed by atoms with Crippen molar-refractivity contribution in [2.24, 2.45) is 0 Å². The molecule has 2 amide bonds. The smallest absolute Gasteiger partial charge is 0.543 e. The van der Waals surface area contributed by atoms with E-state index in [1.54, 1.807) is 0 Å². The van der Waals surface area contributed by atoms with Crippen molar-refractivity contribution in [1.82, 2.24) is 10.2 Å². The minimum atomic E-state index is -1.51.